The molecule has 0 saturated carbocycles. The number of amides is 1. The Labute approximate surface area is 91.9 Å². The molecule has 1 aliphatic heterocycles. The molecule has 0 aliphatic carbocycles. The highest BCUT2D eigenvalue weighted by Gasteiger charge is 2.30. The van der Waals surface area contributed by atoms with Gasteiger partial charge in [0.15, 0.2) is 0 Å². The van der Waals surface area contributed by atoms with Crippen molar-refractivity contribution in [2.45, 2.75) is 37.6 Å². The highest BCUT2D eigenvalue weighted by atomic mass is 19.3. The number of hydrogen-bond donors (Lipinski definition) is 3. The van der Waals surface area contributed by atoms with Gasteiger partial charge in [-0.1, -0.05) is 0 Å². The van der Waals surface area contributed by atoms with E-state index in [4.69, 9.17) is 15.6 Å². The molecule has 3 atom stereocenters. The molecule has 0 spiro atoms. The van der Waals surface area contributed by atoms with Crippen LogP contribution in [0.5, 0.6) is 0 Å². The van der Waals surface area contributed by atoms with E-state index in [0.29, 0.717) is 19.4 Å². The van der Waals surface area contributed by atoms with Crippen LogP contribution in [0.15, 0.2) is 0 Å². The van der Waals surface area contributed by atoms with Gasteiger partial charge < -0.3 is 20.9 Å². The summed E-state index contributed by atoms with van der Waals surface area (Å²) in [6, 6.07) is 0. The molecule has 0 bridgehead atoms. The molecule has 0 aromatic rings. The van der Waals surface area contributed by atoms with Crippen LogP contribution in [0.25, 0.3) is 0 Å². The zero-order valence-electron chi connectivity index (χ0n) is 8.73. The van der Waals surface area contributed by atoms with Crippen LogP contribution in [0.2, 0.25) is 0 Å². The molecule has 1 rings (SSSR count). The maximum atomic E-state index is 11.9. The van der Waals surface area contributed by atoms with Crippen LogP contribution in [0.4, 0.5) is 8.78 Å². The van der Waals surface area contributed by atoms with Crippen LogP contribution in [-0.2, 0) is 9.53 Å². The first-order valence-corrected chi connectivity index (χ1v) is 5.14. The van der Waals surface area contributed by atoms with Crippen molar-refractivity contribution in [3.8, 4) is 0 Å². The van der Waals surface area contributed by atoms with Gasteiger partial charge in [0.25, 0.3) is 6.43 Å². The molecule has 94 valence electrons. The van der Waals surface area contributed by atoms with Gasteiger partial charge in [-0.05, 0) is 12.8 Å². The molecule has 0 aromatic heterocycles. The fourth-order valence-electron chi connectivity index (χ4n) is 1.48. The van der Waals surface area contributed by atoms with E-state index in [9.17, 15) is 13.6 Å². The quantitative estimate of drug-likeness (QED) is 0.587. The van der Waals surface area contributed by atoms with E-state index in [-0.39, 0.29) is 6.10 Å². The second-order valence-corrected chi connectivity index (χ2v) is 3.71. The van der Waals surface area contributed by atoms with Crippen LogP contribution in [0.3, 0.4) is 0 Å². The van der Waals surface area contributed by atoms with E-state index in [0.717, 1.165) is 0 Å². The summed E-state index contributed by atoms with van der Waals surface area (Å²) in [4.78, 5) is 11.4. The third-order valence-corrected chi connectivity index (χ3v) is 2.44. The number of halogens is 2. The van der Waals surface area contributed by atoms with Crippen molar-refractivity contribution in [1.29, 1.82) is 0 Å². The highest BCUT2D eigenvalue weighted by Crippen LogP contribution is 2.18. The Balaban J connectivity index is 2.26. The molecule has 0 aromatic carbocycles. The number of nitrogens with one attached hydrogen (secondary N) is 1. The van der Waals surface area contributed by atoms with Crippen LogP contribution in [-0.4, -0.2) is 48.8 Å². The molecule has 1 amide bonds. The summed E-state index contributed by atoms with van der Waals surface area (Å²) >= 11 is 0. The molecule has 7 heteroatoms. The lowest BCUT2D eigenvalue weighted by Crippen LogP contribution is -2.41. The van der Waals surface area contributed by atoms with Gasteiger partial charge in [-0.25, -0.2) is 8.78 Å². The molecule has 1 heterocycles. The lowest BCUT2D eigenvalue weighted by atomic mass is 10.2. The number of ether oxygens (including phenoxy) is 1. The Morgan fingerprint density at radius 1 is 1.56 bits per heavy atom. The molecule has 1 saturated heterocycles. The number of carbonyl (C=O) groups excluding carboxylic acids is 1. The zero-order chi connectivity index (χ0) is 12.1. The average molecular weight is 238 g/mol. The first kappa shape index (κ1) is 13.3. The Hall–Kier alpha value is -0.790. The van der Waals surface area contributed by atoms with E-state index in [1.807, 2.05) is 0 Å². The number of hydrogen-bond acceptors (Lipinski definition) is 4. The van der Waals surface area contributed by atoms with Crippen molar-refractivity contribution in [2.24, 2.45) is 5.73 Å². The van der Waals surface area contributed by atoms with Crippen molar-refractivity contribution in [1.82, 2.24) is 5.32 Å². The molecule has 3 unspecified atom stereocenters. The molecule has 1 aliphatic rings. The van der Waals surface area contributed by atoms with Crippen LogP contribution in [0, 0.1) is 0 Å². The Bertz CT molecular complexity index is 241. The topological polar surface area (TPSA) is 84.6 Å². The SMILES string of the molecule is NCC1CCC(C(=O)NCC(O)C(F)F)O1. The highest BCUT2D eigenvalue weighted by molar-refractivity contribution is 5.81. The Kier molecular flexibility index (Phi) is 5.04. The smallest absolute Gasteiger partial charge is 0.265 e. The minimum Gasteiger partial charge on any atom is -0.385 e. The van der Waals surface area contributed by atoms with E-state index >= 15 is 0 Å². The van der Waals surface area contributed by atoms with Gasteiger partial charge >= 0.3 is 0 Å². The summed E-state index contributed by atoms with van der Waals surface area (Å²) in [5, 5.41) is 11.0. The summed E-state index contributed by atoms with van der Waals surface area (Å²) in [5.74, 6) is -0.476. The first-order valence-electron chi connectivity index (χ1n) is 5.14. The average Bonchev–Trinajstić information content (AvgIpc) is 2.73. The van der Waals surface area contributed by atoms with Gasteiger partial charge in [0, 0.05) is 13.1 Å². The molecule has 16 heavy (non-hydrogen) atoms. The first-order chi connectivity index (χ1) is 7.54. The predicted octanol–water partition coefficient (Wildman–Crippen LogP) is -0.765. The lowest BCUT2D eigenvalue weighted by Gasteiger charge is -2.14. The van der Waals surface area contributed by atoms with Crippen molar-refractivity contribution in [3.63, 3.8) is 0 Å². The third kappa shape index (κ3) is 3.66. The van der Waals surface area contributed by atoms with Crippen molar-refractivity contribution < 1.29 is 23.4 Å². The van der Waals surface area contributed by atoms with Gasteiger partial charge in [0.1, 0.15) is 12.2 Å². The largest absolute Gasteiger partial charge is 0.385 e. The number of alkyl halides is 2. The summed E-state index contributed by atoms with van der Waals surface area (Å²) in [6.45, 7) is -0.132. The number of aliphatic hydroxyl groups is 1. The second kappa shape index (κ2) is 6.07. The van der Waals surface area contributed by atoms with Crippen molar-refractivity contribution in [2.75, 3.05) is 13.1 Å². The van der Waals surface area contributed by atoms with E-state index in [1.165, 1.54) is 0 Å². The Morgan fingerprint density at radius 3 is 2.75 bits per heavy atom. The predicted molar refractivity (Wildman–Crippen MR) is 52.0 cm³/mol. The molecule has 5 nitrogen and oxygen atoms in total. The molecular weight excluding hydrogens is 222 g/mol. The van der Waals surface area contributed by atoms with Gasteiger partial charge in [0.2, 0.25) is 5.91 Å². The van der Waals surface area contributed by atoms with E-state index in [1.54, 1.807) is 0 Å². The lowest BCUT2D eigenvalue weighted by molar-refractivity contribution is -0.132. The standard InChI is InChI=1S/C9H16F2N2O3/c10-8(11)6(14)4-13-9(15)7-2-1-5(3-12)16-7/h5-8,14H,1-4,12H2,(H,13,15). The molecule has 4 N–H and O–H groups in total. The fourth-order valence-corrected chi connectivity index (χ4v) is 1.48. The van der Waals surface area contributed by atoms with Gasteiger partial charge in [-0.15, -0.1) is 0 Å². The van der Waals surface area contributed by atoms with E-state index < -0.39 is 31.1 Å². The van der Waals surface area contributed by atoms with Crippen LogP contribution >= 0.6 is 0 Å². The normalized spacial score (nSPS) is 27.1. The number of aliphatic hydroxyl groups excluding tert-OH is 1. The third-order valence-electron chi connectivity index (χ3n) is 2.44. The van der Waals surface area contributed by atoms with Crippen molar-refractivity contribution >= 4 is 5.91 Å². The van der Waals surface area contributed by atoms with Gasteiger partial charge in [0.05, 0.1) is 6.10 Å². The summed E-state index contributed by atoms with van der Waals surface area (Å²) < 4.78 is 29.1. The summed E-state index contributed by atoms with van der Waals surface area (Å²) in [5.41, 5.74) is 5.36. The maximum absolute atomic E-state index is 11.9. The van der Waals surface area contributed by atoms with Crippen LogP contribution < -0.4 is 11.1 Å². The van der Waals surface area contributed by atoms with Gasteiger partial charge in [-0.2, -0.15) is 0 Å². The zero-order valence-corrected chi connectivity index (χ0v) is 8.73. The summed E-state index contributed by atoms with van der Waals surface area (Å²) in [7, 11) is 0. The minimum atomic E-state index is -2.86. The molecule has 1 fully saturated rings. The fraction of sp³-hybridized carbons (Fsp3) is 0.889. The Morgan fingerprint density at radius 2 is 2.25 bits per heavy atom. The van der Waals surface area contributed by atoms with Gasteiger partial charge in [-0.3, -0.25) is 4.79 Å². The molecular formula is C9H16F2N2O3. The number of nitrogens with two attached hydrogens (primary N) is 1. The monoisotopic (exact) mass is 238 g/mol. The van der Waals surface area contributed by atoms with Crippen LogP contribution in [0.1, 0.15) is 12.8 Å². The number of carbonyl (C=O) groups is 1. The second-order valence-electron chi connectivity index (χ2n) is 3.71. The van der Waals surface area contributed by atoms with Crippen molar-refractivity contribution in [3.05, 3.63) is 0 Å². The van der Waals surface area contributed by atoms with E-state index in [2.05, 4.69) is 5.32 Å². The molecule has 0 radical (unpaired) electrons. The maximum Gasteiger partial charge on any atom is 0.265 e. The number of rotatable bonds is 5. The minimum absolute atomic E-state index is 0.143. The summed E-state index contributed by atoms with van der Waals surface area (Å²) in [6.07, 6.45) is -4.27.